The van der Waals surface area contributed by atoms with Gasteiger partial charge < -0.3 is 4.74 Å². The Balaban J connectivity index is 2.19. The van der Waals surface area contributed by atoms with Crippen molar-refractivity contribution in [3.63, 3.8) is 0 Å². The second-order valence-electron chi connectivity index (χ2n) is 6.21. The average molecular weight is 262 g/mol. The minimum absolute atomic E-state index is 0.00736. The van der Waals surface area contributed by atoms with Gasteiger partial charge in [-0.1, -0.05) is 0 Å². The predicted molar refractivity (Wildman–Crippen MR) is 71.2 cm³/mol. The zero-order valence-electron chi connectivity index (χ0n) is 11.9. The summed E-state index contributed by atoms with van der Waals surface area (Å²) >= 11 is 0. The van der Waals surface area contributed by atoms with Crippen LogP contribution in [-0.4, -0.2) is 60.3 Å². The lowest BCUT2D eigenvalue weighted by Crippen LogP contribution is -2.66. The number of nitriles is 2. The molecule has 0 aromatic carbocycles. The largest absolute Gasteiger partial charge is 0.375 e. The molecule has 0 aromatic heterocycles. The molecule has 0 aliphatic carbocycles. The van der Waals surface area contributed by atoms with Gasteiger partial charge in [0, 0.05) is 31.8 Å². The van der Waals surface area contributed by atoms with Gasteiger partial charge in [0.15, 0.2) is 0 Å². The zero-order valence-corrected chi connectivity index (χ0v) is 11.9. The Bertz CT molecular complexity index is 409. The predicted octanol–water partition coefficient (Wildman–Crippen LogP) is 0.979. The smallest absolute Gasteiger partial charge is 0.0871 e. The van der Waals surface area contributed by atoms with E-state index in [4.69, 9.17) is 15.3 Å². The molecule has 1 atom stereocenters. The van der Waals surface area contributed by atoms with Crippen LogP contribution >= 0.6 is 0 Å². The summed E-state index contributed by atoms with van der Waals surface area (Å²) in [6.45, 7) is 8.51. The summed E-state index contributed by atoms with van der Waals surface area (Å²) in [5.41, 5.74) is -0.159. The molecule has 2 heterocycles. The van der Waals surface area contributed by atoms with Gasteiger partial charge in [-0.2, -0.15) is 10.5 Å². The van der Waals surface area contributed by atoms with Crippen LogP contribution in [0.5, 0.6) is 0 Å². The second kappa shape index (κ2) is 5.46. The van der Waals surface area contributed by atoms with Crippen LogP contribution in [0.25, 0.3) is 0 Å². The molecule has 0 radical (unpaired) electrons. The molecule has 0 bridgehead atoms. The third-order valence-corrected chi connectivity index (χ3v) is 4.25. The molecule has 1 spiro atoms. The summed E-state index contributed by atoms with van der Waals surface area (Å²) in [4.78, 5) is 4.50. The summed E-state index contributed by atoms with van der Waals surface area (Å²) in [5, 5.41) is 17.9. The molecule has 2 saturated heterocycles. The van der Waals surface area contributed by atoms with Crippen molar-refractivity contribution >= 4 is 0 Å². The molecule has 104 valence electrons. The third kappa shape index (κ3) is 3.06. The minimum atomic E-state index is -0.151. The monoisotopic (exact) mass is 262 g/mol. The lowest BCUT2D eigenvalue weighted by atomic mass is 9.78. The molecule has 2 fully saturated rings. The fourth-order valence-corrected chi connectivity index (χ4v) is 3.52. The molecule has 0 aromatic rings. The van der Waals surface area contributed by atoms with Crippen molar-refractivity contribution in [2.24, 2.45) is 0 Å². The van der Waals surface area contributed by atoms with Gasteiger partial charge in [-0.15, -0.1) is 0 Å². The standard InChI is InChI=1S/C14H22N4O/c1-13(2)11-14(3-10-19-13)12-17(6-4-15)8-9-18(14)7-5-16/h3,6-12H2,1-2H3. The Kier molecular flexibility index (Phi) is 4.10. The highest BCUT2D eigenvalue weighted by Gasteiger charge is 2.47. The summed E-state index contributed by atoms with van der Waals surface area (Å²) in [5.74, 6) is 0. The van der Waals surface area contributed by atoms with Gasteiger partial charge in [0.05, 0.1) is 30.8 Å². The van der Waals surface area contributed by atoms with E-state index in [2.05, 4.69) is 35.8 Å². The summed E-state index contributed by atoms with van der Waals surface area (Å²) in [6.07, 6.45) is 1.86. The van der Waals surface area contributed by atoms with Crippen LogP contribution < -0.4 is 0 Å². The van der Waals surface area contributed by atoms with Crippen LogP contribution in [0.2, 0.25) is 0 Å². The number of ether oxygens (including phenoxy) is 1. The summed E-state index contributed by atoms with van der Waals surface area (Å²) < 4.78 is 5.82. The van der Waals surface area contributed by atoms with Crippen LogP contribution in [0.1, 0.15) is 26.7 Å². The average Bonchev–Trinajstić information content (AvgIpc) is 2.32. The van der Waals surface area contributed by atoms with Crippen LogP contribution in [-0.2, 0) is 4.74 Å². The summed E-state index contributed by atoms with van der Waals surface area (Å²) in [6, 6.07) is 4.52. The Hall–Kier alpha value is -1.14. The first-order valence-corrected chi connectivity index (χ1v) is 6.87. The maximum absolute atomic E-state index is 9.04. The van der Waals surface area contributed by atoms with Gasteiger partial charge >= 0.3 is 0 Å². The van der Waals surface area contributed by atoms with E-state index in [1.54, 1.807) is 0 Å². The van der Waals surface area contributed by atoms with E-state index in [0.717, 1.165) is 39.1 Å². The van der Waals surface area contributed by atoms with Crippen molar-refractivity contribution in [3.05, 3.63) is 0 Å². The lowest BCUT2D eigenvalue weighted by molar-refractivity contribution is -0.137. The normalized spacial score (nSPS) is 31.8. The first-order valence-electron chi connectivity index (χ1n) is 6.87. The number of piperazine rings is 1. The molecule has 0 amide bonds. The second-order valence-corrected chi connectivity index (χ2v) is 6.21. The molecule has 1 unspecified atom stereocenters. The fourth-order valence-electron chi connectivity index (χ4n) is 3.52. The molecule has 19 heavy (non-hydrogen) atoms. The molecule has 5 heteroatoms. The van der Waals surface area contributed by atoms with Crippen LogP contribution in [0.3, 0.4) is 0 Å². The number of nitrogens with zero attached hydrogens (tertiary/aromatic N) is 4. The summed E-state index contributed by atoms with van der Waals surface area (Å²) in [7, 11) is 0. The van der Waals surface area contributed by atoms with Crippen molar-refractivity contribution in [1.29, 1.82) is 10.5 Å². The Morgan fingerprint density at radius 2 is 1.89 bits per heavy atom. The van der Waals surface area contributed by atoms with E-state index in [1.807, 2.05) is 0 Å². The molecule has 2 aliphatic heterocycles. The first kappa shape index (κ1) is 14.3. The Morgan fingerprint density at radius 3 is 2.53 bits per heavy atom. The molecule has 2 rings (SSSR count). The van der Waals surface area contributed by atoms with E-state index in [9.17, 15) is 0 Å². The van der Waals surface area contributed by atoms with E-state index in [-0.39, 0.29) is 11.1 Å². The Morgan fingerprint density at radius 1 is 1.16 bits per heavy atom. The van der Waals surface area contributed by atoms with Gasteiger partial charge in [-0.25, -0.2) is 0 Å². The molecular formula is C14H22N4O. The van der Waals surface area contributed by atoms with Gasteiger partial charge in [0.25, 0.3) is 0 Å². The van der Waals surface area contributed by atoms with Crippen molar-refractivity contribution in [3.8, 4) is 12.1 Å². The first-order chi connectivity index (χ1) is 9.01. The van der Waals surface area contributed by atoms with E-state index >= 15 is 0 Å². The Labute approximate surface area is 115 Å². The van der Waals surface area contributed by atoms with Gasteiger partial charge in [0.2, 0.25) is 0 Å². The maximum Gasteiger partial charge on any atom is 0.0871 e. The fraction of sp³-hybridized carbons (Fsp3) is 0.857. The highest BCUT2D eigenvalue weighted by Crippen LogP contribution is 2.38. The van der Waals surface area contributed by atoms with Crippen LogP contribution in [0.4, 0.5) is 0 Å². The molecule has 2 aliphatic rings. The molecule has 0 N–H and O–H groups in total. The topological polar surface area (TPSA) is 63.3 Å². The van der Waals surface area contributed by atoms with Crippen molar-refractivity contribution in [1.82, 2.24) is 9.80 Å². The number of hydrogen-bond acceptors (Lipinski definition) is 5. The number of rotatable bonds is 2. The van der Waals surface area contributed by atoms with Crippen LogP contribution in [0, 0.1) is 22.7 Å². The highest BCUT2D eigenvalue weighted by molar-refractivity contribution is 5.05. The number of hydrogen-bond donors (Lipinski definition) is 0. The minimum Gasteiger partial charge on any atom is -0.375 e. The molecular weight excluding hydrogens is 240 g/mol. The molecule has 0 saturated carbocycles. The van der Waals surface area contributed by atoms with Crippen molar-refractivity contribution in [2.45, 2.75) is 37.8 Å². The van der Waals surface area contributed by atoms with E-state index in [0.29, 0.717) is 13.1 Å². The van der Waals surface area contributed by atoms with Crippen molar-refractivity contribution < 1.29 is 4.74 Å². The third-order valence-electron chi connectivity index (χ3n) is 4.25. The van der Waals surface area contributed by atoms with E-state index < -0.39 is 0 Å². The lowest BCUT2D eigenvalue weighted by Gasteiger charge is -2.55. The maximum atomic E-state index is 9.04. The SMILES string of the molecule is CC1(C)CC2(CCO1)CN(CC#N)CCN2CC#N. The van der Waals surface area contributed by atoms with Crippen LogP contribution in [0.15, 0.2) is 0 Å². The van der Waals surface area contributed by atoms with Gasteiger partial charge in [-0.3, -0.25) is 9.80 Å². The molecule has 5 nitrogen and oxygen atoms in total. The van der Waals surface area contributed by atoms with Gasteiger partial charge in [0.1, 0.15) is 0 Å². The van der Waals surface area contributed by atoms with E-state index in [1.165, 1.54) is 0 Å². The van der Waals surface area contributed by atoms with Crippen molar-refractivity contribution in [2.75, 3.05) is 39.3 Å². The highest BCUT2D eigenvalue weighted by atomic mass is 16.5. The zero-order chi connectivity index (χ0) is 13.9. The van der Waals surface area contributed by atoms with Gasteiger partial charge in [-0.05, 0) is 26.7 Å². The quantitative estimate of drug-likeness (QED) is 0.694.